The first-order chi connectivity index (χ1) is 17.4. The van der Waals surface area contributed by atoms with Gasteiger partial charge >= 0.3 is 0 Å². The molecule has 36 heavy (non-hydrogen) atoms. The van der Waals surface area contributed by atoms with Crippen molar-refractivity contribution in [3.8, 4) is 23.1 Å². The van der Waals surface area contributed by atoms with Crippen molar-refractivity contribution in [2.45, 2.75) is 13.3 Å². The first-order valence-corrected chi connectivity index (χ1v) is 12.2. The first kappa shape index (κ1) is 22.4. The van der Waals surface area contributed by atoms with Gasteiger partial charge in [-0.15, -0.1) is 0 Å². The second-order valence-corrected chi connectivity index (χ2v) is 9.79. The van der Waals surface area contributed by atoms with Crippen molar-refractivity contribution < 1.29 is 4.39 Å². The standard InChI is InChI=1S/C27H26FN7O/c1-16-25(34-8-7-19-12-30-13-21(19)15-34)31-26(17-3-4-18(11-29)23(28)10-17)35(27(16)36)22-5-6-24-20(9-22)14-33(2)32-24/h3-6,9-10,14,19,21,30H,7-8,12-13,15H2,1-2H3. The summed E-state index contributed by atoms with van der Waals surface area (Å²) in [5.74, 6) is 1.52. The third-order valence-electron chi connectivity index (χ3n) is 7.50. The van der Waals surface area contributed by atoms with Crippen LogP contribution in [-0.2, 0) is 7.05 Å². The second-order valence-electron chi connectivity index (χ2n) is 9.79. The molecule has 8 nitrogen and oxygen atoms in total. The minimum atomic E-state index is -0.640. The SMILES string of the molecule is Cc1c(N2CCC3CNCC3C2)nc(-c2ccc(C#N)c(F)c2)n(-c2ccc3nn(C)cc3c2)c1=O. The van der Waals surface area contributed by atoms with Gasteiger partial charge in [-0.2, -0.15) is 10.4 Å². The molecule has 182 valence electrons. The molecule has 2 aliphatic rings. The molecule has 0 spiro atoms. The number of hydrogen-bond donors (Lipinski definition) is 1. The van der Waals surface area contributed by atoms with E-state index in [4.69, 9.17) is 4.98 Å². The zero-order valence-corrected chi connectivity index (χ0v) is 20.2. The van der Waals surface area contributed by atoms with Crippen LogP contribution >= 0.6 is 0 Å². The van der Waals surface area contributed by atoms with E-state index in [2.05, 4.69) is 15.3 Å². The van der Waals surface area contributed by atoms with Crippen molar-refractivity contribution in [1.82, 2.24) is 24.6 Å². The topological polar surface area (TPSA) is 91.8 Å². The van der Waals surface area contributed by atoms with E-state index in [0.29, 0.717) is 40.3 Å². The van der Waals surface area contributed by atoms with E-state index in [1.165, 1.54) is 16.7 Å². The first-order valence-electron chi connectivity index (χ1n) is 12.2. The van der Waals surface area contributed by atoms with E-state index in [0.717, 1.165) is 43.5 Å². The van der Waals surface area contributed by atoms with Gasteiger partial charge in [-0.1, -0.05) is 0 Å². The van der Waals surface area contributed by atoms with E-state index >= 15 is 0 Å². The summed E-state index contributed by atoms with van der Waals surface area (Å²) in [6, 6.07) is 11.8. The molecule has 0 aliphatic carbocycles. The van der Waals surface area contributed by atoms with Gasteiger partial charge in [0.15, 0.2) is 0 Å². The fourth-order valence-corrected chi connectivity index (χ4v) is 5.58. The maximum Gasteiger partial charge on any atom is 0.263 e. The third-order valence-corrected chi connectivity index (χ3v) is 7.50. The van der Waals surface area contributed by atoms with Crippen molar-refractivity contribution in [1.29, 1.82) is 5.26 Å². The Hall–Kier alpha value is -4.03. The molecule has 0 saturated carbocycles. The average Bonchev–Trinajstić information content (AvgIpc) is 3.49. The van der Waals surface area contributed by atoms with Gasteiger partial charge in [0.25, 0.3) is 5.56 Å². The molecule has 2 aliphatic heterocycles. The molecule has 0 bridgehead atoms. The molecule has 6 rings (SSSR count). The van der Waals surface area contributed by atoms with Gasteiger partial charge in [0.2, 0.25) is 0 Å². The monoisotopic (exact) mass is 483 g/mol. The van der Waals surface area contributed by atoms with Crippen LogP contribution in [0, 0.1) is 35.9 Å². The van der Waals surface area contributed by atoms with Crippen LogP contribution in [0.4, 0.5) is 10.2 Å². The van der Waals surface area contributed by atoms with Gasteiger partial charge in [0.05, 0.1) is 22.3 Å². The molecule has 2 atom stereocenters. The van der Waals surface area contributed by atoms with E-state index in [-0.39, 0.29) is 11.1 Å². The number of aryl methyl sites for hydroxylation is 1. The number of nitrogens with zero attached hydrogens (tertiary/aromatic N) is 6. The van der Waals surface area contributed by atoms with Gasteiger partial charge in [0.1, 0.15) is 23.5 Å². The Kier molecular flexibility index (Phi) is 5.34. The van der Waals surface area contributed by atoms with Crippen LogP contribution in [0.2, 0.25) is 0 Å². The van der Waals surface area contributed by atoms with Crippen LogP contribution < -0.4 is 15.8 Å². The van der Waals surface area contributed by atoms with Gasteiger partial charge in [-0.05, 0) is 74.7 Å². The number of fused-ring (bicyclic) bond motifs is 2. The largest absolute Gasteiger partial charge is 0.356 e. The lowest BCUT2D eigenvalue weighted by molar-refractivity contribution is 0.347. The van der Waals surface area contributed by atoms with Crippen molar-refractivity contribution >= 4 is 16.7 Å². The van der Waals surface area contributed by atoms with Crippen LogP contribution in [-0.4, -0.2) is 45.5 Å². The van der Waals surface area contributed by atoms with Crippen LogP contribution in [0.25, 0.3) is 28.0 Å². The van der Waals surface area contributed by atoms with Crippen LogP contribution in [0.3, 0.4) is 0 Å². The third kappa shape index (κ3) is 3.65. The summed E-state index contributed by atoms with van der Waals surface area (Å²) in [6.07, 6.45) is 2.93. The Balaban J connectivity index is 1.55. The number of nitrogens with one attached hydrogen (secondary N) is 1. The van der Waals surface area contributed by atoms with Crippen molar-refractivity contribution in [3.05, 3.63) is 69.9 Å². The molecular weight excluding hydrogens is 457 g/mol. The summed E-state index contributed by atoms with van der Waals surface area (Å²) in [6.45, 7) is 5.47. The Labute approximate surface area is 207 Å². The molecular formula is C27H26FN7O. The molecule has 2 saturated heterocycles. The fraction of sp³-hybridized carbons (Fsp3) is 0.333. The maximum absolute atomic E-state index is 14.7. The normalized spacial score (nSPS) is 19.4. The highest BCUT2D eigenvalue weighted by Gasteiger charge is 2.34. The molecule has 9 heteroatoms. The number of aromatic nitrogens is 4. The van der Waals surface area contributed by atoms with E-state index in [1.54, 1.807) is 10.7 Å². The highest BCUT2D eigenvalue weighted by atomic mass is 19.1. The Morgan fingerprint density at radius 1 is 1.17 bits per heavy atom. The number of halogens is 1. The van der Waals surface area contributed by atoms with Crippen LogP contribution in [0.5, 0.6) is 0 Å². The lowest BCUT2D eigenvalue weighted by Gasteiger charge is -2.36. The van der Waals surface area contributed by atoms with E-state index < -0.39 is 5.82 Å². The summed E-state index contributed by atoms with van der Waals surface area (Å²) < 4.78 is 18.0. The minimum absolute atomic E-state index is 0.0485. The predicted molar refractivity (Wildman–Crippen MR) is 136 cm³/mol. The number of nitriles is 1. The molecule has 4 heterocycles. The van der Waals surface area contributed by atoms with Crippen LogP contribution in [0.1, 0.15) is 17.5 Å². The smallest absolute Gasteiger partial charge is 0.263 e. The van der Waals surface area contributed by atoms with Crippen molar-refractivity contribution in [2.24, 2.45) is 18.9 Å². The summed E-state index contributed by atoms with van der Waals surface area (Å²) in [5, 5.41) is 18.0. The number of benzene rings is 2. The van der Waals surface area contributed by atoms with Gasteiger partial charge in [0, 0.05) is 37.3 Å². The zero-order valence-electron chi connectivity index (χ0n) is 20.2. The summed E-state index contributed by atoms with van der Waals surface area (Å²) in [4.78, 5) is 21.1. The molecule has 4 aromatic rings. The number of anilines is 1. The minimum Gasteiger partial charge on any atom is -0.356 e. The maximum atomic E-state index is 14.7. The summed E-state index contributed by atoms with van der Waals surface area (Å²) >= 11 is 0. The highest BCUT2D eigenvalue weighted by molar-refractivity contribution is 5.81. The number of rotatable bonds is 3. The second kappa shape index (κ2) is 8.57. The Bertz CT molecular complexity index is 1600. The van der Waals surface area contributed by atoms with Gasteiger partial charge in [-0.25, -0.2) is 9.37 Å². The summed E-state index contributed by atoms with van der Waals surface area (Å²) in [7, 11) is 1.85. The Morgan fingerprint density at radius 3 is 2.81 bits per heavy atom. The van der Waals surface area contributed by atoms with Crippen molar-refractivity contribution in [2.75, 3.05) is 31.1 Å². The molecule has 0 amide bonds. The predicted octanol–water partition coefficient (Wildman–Crippen LogP) is 3.15. The molecule has 0 radical (unpaired) electrons. The van der Waals surface area contributed by atoms with Crippen LogP contribution in [0.15, 0.2) is 47.4 Å². The van der Waals surface area contributed by atoms with Crippen molar-refractivity contribution in [3.63, 3.8) is 0 Å². The quantitative estimate of drug-likeness (QED) is 0.481. The molecule has 2 fully saturated rings. The molecule has 2 aromatic heterocycles. The van der Waals surface area contributed by atoms with E-state index in [1.807, 2.05) is 44.4 Å². The zero-order chi connectivity index (χ0) is 25.0. The van der Waals surface area contributed by atoms with Gasteiger partial charge in [-0.3, -0.25) is 14.0 Å². The highest BCUT2D eigenvalue weighted by Crippen LogP contribution is 2.32. The molecule has 2 unspecified atom stereocenters. The van der Waals surface area contributed by atoms with Gasteiger partial charge < -0.3 is 10.2 Å². The number of hydrogen-bond acceptors (Lipinski definition) is 6. The Morgan fingerprint density at radius 2 is 2.00 bits per heavy atom. The fourth-order valence-electron chi connectivity index (χ4n) is 5.58. The molecule has 1 N–H and O–H groups in total. The van der Waals surface area contributed by atoms with E-state index in [9.17, 15) is 14.4 Å². The summed E-state index contributed by atoms with van der Waals surface area (Å²) in [5.41, 5.74) is 2.19. The lowest BCUT2D eigenvalue weighted by Crippen LogP contribution is -2.42. The lowest BCUT2D eigenvalue weighted by atomic mass is 9.88. The number of piperidine rings is 1. The average molecular weight is 484 g/mol. The molecule has 2 aromatic carbocycles.